The van der Waals surface area contributed by atoms with Gasteiger partial charge in [-0.15, -0.1) is 0 Å². The first-order valence-corrected chi connectivity index (χ1v) is 11.3. The summed E-state index contributed by atoms with van der Waals surface area (Å²) in [5.41, 5.74) is 4.86. The molecule has 0 unspecified atom stereocenters. The predicted molar refractivity (Wildman–Crippen MR) is 127 cm³/mol. The Balaban J connectivity index is 0.00000124. The third-order valence-electron chi connectivity index (χ3n) is 5.86. The molecular weight excluding hydrogens is 370 g/mol. The van der Waals surface area contributed by atoms with Crippen molar-refractivity contribution in [3.8, 4) is 0 Å². The zero-order valence-corrected chi connectivity index (χ0v) is 18.8. The first-order chi connectivity index (χ1) is 14.6. The number of rotatable bonds is 5. The van der Waals surface area contributed by atoms with Crippen LogP contribution in [0.25, 0.3) is 10.9 Å². The van der Waals surface area contributed by atoms with Gasteiger partial charge in [0.25, 0.3) is 5.91 Å². The van der Waals surface area contributed by atoms with Crippen LogP contribution < -0.4 is 5.32 Å². The SMILES string of the molecule is CC.Cc1ccc2[nH]c(C(=O)Nc3ccc(CN(C)C4CCCCC4)cc3)cc2c1. The molecule has 1 fully saturated rings. The zero-order chi connectivity index (χ0) is 21.5. The molecule has 1 heterocycles. The lowest BCUT2D eigenvalue weighted by Gasteiger charge is -2.31. The van der Waals surface area contributed by atoms with Gasteiger partial charge in [0.2, 0.25) is 0 Å². The second-order valence-corrected chi connectivity index (χ2v) is 8.13. The summed E-state index contributed by atoms with van der Waals surface area (Å²) < 4.78 is 0. The first kappa shape index (κ1) is 22.1. The third kappa shape index (κ3) is 5.51. The predicted octanol–water partition coefficient (Wildman–Crippen LogP) is 6.52. The standard InChI is InChI=1S/C24H29N3O.C2H6/c1-17-8-13-22-19(14-17)15-23(26-22)24(28)25-20-11-9-18(10-12-20)16-27(2)21-6-4-3-5-7-21;1-2/h8-15,21,26H,3-7,16H2,1-2H3,(H,25,28);1-2H3. The van der Waals surface area contributed by atoms with Crippen LogP contribution in [0.15, 0.2) is 48.5 Å². The van der Waals surface area contributed by atoms with Crippen LogP contribution in [-0.2, 0) is 6.54 Å². The second-order valence-electron chi connectivity index (χ2n) is 8.13. The summed E-state index contributed by atoms with van der Waals surface area (Å²) in [6.07, 6.45) is 6.72. The largest absolute Gasteiger partial charge is 0.351 e. The number of aromatic nitrogens is 1. The number of carbonyl (C=O) groups is 1. The van der Waals surface area contributed by atoms with Crippen molar-refractivity contribution in [2.24, 2.45) is 0 Å². The molecule has 0 saturated heterocycles. The fourth-order valence-electron chi connectivity index (χ4n) is 4.21. The smallest absolute Gasteiger partial charge is 0.272 e. The molecule has 2 N–H and O–H groups in total. The number of amides is 1. The van der Waals surface area contributed by atoms with Crippen LogP contribution in [0.5, 0.6) is 0 Å². The molecule has 4 rings (SSSR count). The second kappa shape index (κ2) is 10.4. The van der Waals surface area contributed by atoms with E-state index in [1.807, 2.05) is 44.2 Å². The minimum atomic E-state index is -0.110. The molecule has 1 aliphatic rings. The molecular formula is C26H35N3O. The number of hydrogen-bond acceptors (Lipinski definition) is 2. The summed E-state index contributed by atoms with van der Waals surface area (Å²) in [7, 11) is 2.23. The number of H-pyrrole nitrogens is 1. The highest BCUT2D eigenvalue weighted by atomic mass is 16.1. The first-order valence-electron chi connectivity index (χ1n) is 11.3. The lowest BCUT2D eigenvalue weighted by molar-refractivity contribution is 0.102. The van der Waals surface area contributed by atoms with Crippen molar-refractivity contribution in [2.75, 3.05) is 12.4 Å². The normalized spacial score (nSPS) is 14.4. The topological polar surface area (TPSA) is 48.1 Å². The van der Waals surface area contributed by atoms with E-state index in [0.717, 1.165) is 23.1 Å². The Kier molecular flexibility index (Phi) is 7.69. The van der Waals surface area contributed by atoms with E-state index >= 15 is 0 Å². The summed E-state index contributed by atoms with van der Waals surface area (Å²) in [6.45, 7) is 7.01. The molecule has 1 aromatic heterocycles. The number of nitrogens with one attached hydrogen (secondary N) is 2. The van der Waals surface area contributed by atoms with E-state index in [0.29, 0.717) is 11.7 Å². The summed E-state index contributed by atoms with van der Waals surface area (Å²) >= 11 is 0. The molecule has 1 aliphatic carbocycles. The highest BCUT2D eigenvalue weighted by Gasteiger charge is 2.18. The Morgan fingerprint density at radius 2 is 1.73 bits per heavy atom. The van der Waals surface area contributed by atoms with Gasteiger partial charge in [-0.05, 0) is 62.7 Å². The Bertz CT molecular complexity index is 952. The molecule has 1 saturated carbocycles. The number of carbonyl (C=O) groups excluding carboxylic acids is 1. The van der Waals surface area contributed by atoms with Crippen LogP contribution >= 0.6 is 0 Å². The molecule has 0 radical (unpaired) electrons. The maximum Gasteiger partial charge on any atom is 0.272 e. The van der Waals surface area contributed by atoms with E-state index in [1.165, 1.54) is 43.2 Å². The van der Waals surface area contributed by atoms with Crippen molar-refractivity contribution in [3.63, 3.8) is 0 Å². The van der Waals surface area contributed by atoms with Gasteiger partial charge in [0.1, 0.15) is 5.69 Å². The summed E-state index contributed by atoms with van der Waals surface area (Å²) in [5.74, 6) is -0.110. The van der Waals surface area contributed by atoms with Gasteiger partial charge in [-0.3, -0.25) is 9.69 Å². The lowest BCUT2D eigenvalue weighted by Crippen LogP contribution is -2.32. The number of benzene rings is 2. The number of nitrogens with zero attached hydrogens (tertiary/aromatic N) is 1. The van der Waals surface area contributed by atoms with Crippen molar-refractivity contribution in [3.05, 3.63) is 65.4 Å². The Morgan fingerprint density at radius 1 is 1.03 bits per heavy atom. The van der Waals surface area contributed by atoms with Crippen LogP contribution in [0.1, 0.15) is 67.6 Å². The van der Waals surface area contributed by atoms with E-state index in [-0.39, 0.29) is 5.91 Å². The number of hydrogen-bond donors (Lipinski definition) is 2. The molecule has 4 nitrogen and oxygen atoms in total. The quantitative estimate of drug-likeness (QED) is 0.508. The van der Waals surface area contributed by atoms with E-state index in [1.54, 1.807) is 0 Å². The fourth-order valence-corrected chi connectivity index (χ4v) is 4.21. The molecule has 0 spiro atoms. The van der Waals surface area contributed by atoms with Crippen molar-refractivity contribution < 1.29 is 4.79 Å². The summed E-state index contributed by atoms with van der Waals surface area (Å²) in [5, 5.41) is 4.06. The number of aromatic amines is 1. The van der Waals surface area contributed by atoms with Gasteiger partial charge in [0.15, 0.2) is 0 Å². The third-order valence-corrected chi connectivity index (χ3v) is 5.86. The van der Waals surface area contributed by atoms with E-state index in [2.05, 4.69) is 47.4 Å². The number of aryl methyl sites for hydroxylation is 1. The highest BCUT2D eigenvalue weighted by Crippen LogP contribution is 2.23. The Labute approximate surface area is 180 Å². The van der Waals surface area contributed by atoms with Crippen LogP contribution in [0, 0.1) is 6.92 Å². The van der Waals surface area contributed by atoms with Gasteiger partial charge in [-0.25, -0.2) is 0 Å². The highest BCUT2D eigenvalue weighted by molar-refractivity contribution is 6.05. The van der Waals surface area contributed by atoms with Crippen molar-refractivity contribution in [2.45, 2.75) is 65.5 Å². The molecule has 2 aromatic carbocycles. The van der Waals surface area contributed by atoms with Crippen LogP contribution in [0.2, 0.25) is 0 Å². The number of fused-ring (bicyclic) bond motifs is 1. The molecule has 160 valence electrons. The summed E-state index contributed by atoms with van der Waals surface area (Å²) in [6, 6.07) is 17.0. The molecule has 1 amide bonds. The van der Waals surface area contributed by atoms with Crippen molar-refractivity contribution in [1.82, 2.24) is 9.88 Å². The minimum Gasteiger partial charge on any atom is -0.351 e. The van der Waals surface area contributed by atoms with Crippen molar-refractivity contribution >= 4 is 22.5 Å². The minimum absolute atomic E-state index is 0.110. The average Bonchev–Trinajstić information content (AvgIpc) is 3.20. The van der Waals surface area contributed by atoms with Gasteiger partial charge >= 0.3 is 0 Å². The van der Waals surface area contributed by atoms with Crippen LogP contribution in [-0.4, -0.2) is 28.9 Å². The van der Waals surface area contributed by atoms with E-state index in [4.69, 9.17) is 0 Å². The van der Waals surface area contributed by atoms with Gasteiger partial charge in [-0.2, -0.15) is 0 Å². The van der Waals surface area contributed by atoms with E-state index in [9.17, 15) is 4.79 Å². The molecule has 30 heavy (non-hydrogen) atoms. The molecule has 3 aromatic rings. The van der Waals surface area contributed by atoms with Gasteiger partial charge < -0.3 is 10.3 Å². The van der Waals surface area contributed by atoms with Crippen LogP contribution in [0.3, 0.4) is 0 Å². The van der Waals surface area contributed by atoms with Crippen molar-refractivity contribution in [1.29, 1.82) is 0 Å². The molecule has 0 bridgehead atoms. The zero-order valence-electron chi connectivity index (χ0n) is 18.8. The van der Waals surface area contributed by atoms with Gasteiger partial charge in [0, 0.05) is 29.2 Å². The lowest BCUT2D eigenvalue weighted by atomic mass is 9.94. The van der Waals surface area contributed by atoms with Crippen LogP contribution in [0.4, 0.5) is 5.69 Å². The fraction of sp³-hybridized carbons (Fsp3) is 0.423. The van der Waals surface area contributed by atoms with E-state index < -0.39 is 0 Å². The molecule has 0 aliphatic heterocycles. The monoisotopic (exact) mass is 405 g/mol. The van der Waals surface area contributed by atoms with Gasteiger partial charge in [0.05, 0.1) is 0 Å². The maximum absolute atomic E-state index is 12.6. The molecule has 4 heteroatoms. The Hall–Kier alpha value is -2.59. The Morgan fingerprint density at radius 3 is 2.43 bits per heavy atom. The van der Waals surface area contributed by atoms with Gasteiger partial charge in [-0.1, -0.05) is 56.9 Å². The maximum atomic E-state index is 12.6. The molecule has 0 atom stereocenters. The number of anilines is 1. The summed E-state index contributed by atoms with van der Waals surface area (Å²) in [4.78, 5) is 18.3. The average molecular weight is 406 g/mol.